The average molecular weight is 299 g/mol. The number of anilines is 1. The van der Waals surface area contributed by atoms with Crippen LogP contribution >= 0.6 is 23.8 Å². The first-order chi connectivity index (χ1) is 8.82. The van der Waals surface area contributed by atoms with Crippen molar-refractivity contribution in [2.45, 2.75) is 27.7 Å². The lowest BCUT2D eigenvalue weighted by atomic mass is 9.85. The number of benzene rings is 1. The van der Waals surface area contributed by atoms with Crippen molar-refractivity contribution in [2.24, 2.45) is 23.5 Å². The van der Waals surface area contributed by atoms with Crippen molar-refractivity contribution in [1.82, 2.24) is 0 Å². The first-order valence-electron chi connectivity index (χ1n) is 6.66. The van der Waals surface area contributed by atoms with Gasteiger partial charge in [0.05, 0.1) is 0 Å². The van der Waals surface area contributed by atoms with Crippen LogP contribution < -0.4 is 11.1 Å². The van der Waals surface area contributed by atoms with Gasteiger partial charge in [-0.2, -0.15) is 0 Å². The minimum atomic E-state index is 0.393. The van der Waals surface area contributed by atoms with Gasteiger partial charge >= 0.3 is 0 Å². The highest BCUT2D eigenvalue weighted by Gasteiger charge is 2.17. The van der Waals surface area contributed by atoms with Crippen LogP contribution in [-0.4, -0.2) is 11.5 Å². The highest BCUT2D eigenvalue weighted by atomic mass is 35.5. The van der Waals surface area contributed by atoms with E-state index in [0.29, 0.717) is 27.8 Å². The summed E-state index contributed by atoms with van der Waals surface area (Å²) in [5.74, 6) is 1.85. The normalized spacial score (nSPS) is 11.4. The molecule has 1 aromatic carbocycles. The third kappa shape index (κ3) is 4.66. The summed E-state index contributed by atoms with van der Waals surface area (Å²) >= 11 is 11.1. The molecule has 0 radical (unpaired) electrons. The topological polar surface area (TPSA) is 38.0 Å². The summed E-state index contributed by atoms with van der Waals surface area (Å²) in [5, 5.41) is 4.13. The summed E-state index contributed by atoms with van der Waals surface area (Å²) in [7, 11) is 0. The summed E-state index contributed by atoms with van der Waals surface area (Å²) in [5.41, 5.74) is 7.51. The Balaban J connectivity index is 2.87. The van der Waals surface area contributed by atoms with Crippen LogP contribution in [0.4, 0.5) is 5.69 Å². The zero-order chi connectivity index (χ0) is 14.6. The molecular formula is C15H23ClN2S. The summed E-state index contributed by atoms with van der Waals surface area (Å²) in [6, 6.07) is 5.56. The fourth-order valence-electron chi connectivity index (χ4n) is 2.35. The third-order valence-electron chi connectivity index (χ3n) is 3.49. The smallest absolute Gasteiger partial charge is 0.106 e. The van der Waals surface area contributed by atoms with Crippen molar-refractivity contribution in [2.75, 3.05) is 11.9 Å². The zero-order valence-corrected chi connectivity index (χ0v) is 13.6. The fraction of sp³-hybridized carbons (Fsp3) is 0.533. The predicted molar refractivity (Wildman–Crippen MR) is 89.0 cm³/mol. The molecule has 0 spiro atoms. The minimum absolute atomic E-state index is 0.393. The molecule has 0 bridgehead atoms. The number of rotatable bonds is 6. The molecule has 0 aliphatic carbocycles. The van der Waals surface area contributed by atoms with Crippen LogP contribution in [0.15, 0.2) is 18.2 Å². The molecule has 0 aromatic heterocycles. The van der Waals surface area contributed by atoms with Gasteiger partial charge in [-0.1, -0.05) is 51.5 Å². The Labute approximate surface area is 126 Å². The van der Waals surface area contributed by atoms with Crippen LogP contribution in [0.1, 0.15) is 33.3 Å². The van der Waals surface area contributed by atoms with Gasteiger partial charge in [0, 0.05) is 22.8 Å². The zero-order valence-electron chi connectivity index (χ0n) is 12.0. The molecule has 0 atom stereocenters. The van der Waals surface area contributed by atoms with Crippen molar-refractivity contribution < 1.29 is 0 Å². The van der Waals surface area contributed by atoms with E-state index in [9.17, 15) is 0 Å². The van der Waals surface area contributed by atoms with Crippen LogP contribution in [0.25, 0.3) is 0 Å². The maximum absolute atomic E-state index is 6.04. The summed E-state index contributed by atoms with van der Waals surface area (Å²) in [4.78, 5) is 0.393. The molecule has 3 N–H and O–H groups in total. The van der Waals surface area contributed by atoms with E-state index in [0.717, 1.165) is 17.8 Å². The number of nitrogens with two attached hydrogens (primary N) is 1. The van der Waals surface area contributed by atoms with Crippen molar-refractivity contribution in [3.63, 3.8) is 0 Å². The molecule has 2 nitrogen and oxygen atoms in total. The third-order valence-corrected chi connectivity index (χ3v) is 3.94. The number of nitrogens with one attached hydrogen (secondary N) is 1. The number of hydrogen-bond donors (Lipinski definition) is 2. The van der Waals surface area contributed by atoms with E-state index < -0.39 is 0 Å². The van der Waals surface area contributed by atoms with Crippen LogP contribution in [0, 0.1) is 17.8 Å². The van der Waals surface area contributed by atoms with Crippen LogP contribution in [-0.2, 0) is 0 Å². The molecule has 0 saturated heterocycles. The monoisotopic (exact) mass is 298 g/mol. The molecule has 19 heavy (non-hydrogen) atoms. The molecule has 0 aliphatic heterocycles. The van der Waals surface area contributed by atoms with E-state index >= 15 is 0 Å². The molecular weight excluding hydrogens is 276 g/mol. The summed E-state index contributed by atoms with van der Waals surface area (Å²) in [6.45, 7) is 9.89. The second kappa shape index (κ2) is 7.11. The number of thiocarbonyl (C=S) groups is 1. The number of halogens is 1. The molecule has 1 aromatic rings. The molecule has 0 unspecified atom stereocenters. The molecule has 0 saturated carbocycles. The Morgan fingerprint density at radius 2 is 1.84 bits per heavy atom. The quantitative estimate of drug-likeness (QED) is 0.768. The average Bonchev–Trinajstić information content (AvgIpc) is 2.27. The van der Waals surface area contributed by atoms with E-state index in [4.69, 9.17) is 29.6 Å². The summed E-state index contributed by atoms with van der Waals surface area (Å²) < 4.78 is 0. The lowest BCUT2D eigenvalue weighted by molar-refractivity contribution is 0.304. The fourth-order valence-corrected chi connectivity index (χ4v) is 2.70. The standard InChI is InChI=1S/C15H23ClN2S/c1-9(2)13(10(3)4)8-18-14-7-11(16)5-6-12(14)15(17)19/h5-7,9-10,13,18H,8H2,1-4H3,(H2,17,19). The minimum Gasteiger partial charge on any atom is -0.389 e. The molecule has 0 amide bonds. The Morgan fingerprint density at radius 3 is 2.32 bits per heavy atom. The van der Waals surface area contributed by atoms with Crippen LogP contribution in [0.2, 0.25) is 5.02 Å². The first-order valence-corrected chi connectivity index (χ1v) is 7.44. The molecule has 0 heterocycles. The Kier molecular flexibility index (Phi) is 6.08. The Hall–Kier alpha value is -0.800. The second-order valence-electron chi connectivity index (χ2n) is 5.59. The maximum atomic E-state index is 6.04. The van der Waals surface area contributed by atoms with E-state index in [1.165, 1.54) is 0 Å². The van der Waals surface area contributed by atoms with Gasteiger partial charge in [0.2, 0.25) is 0 Å². The Morgan fingerprint density at radius 1 is 1.26 bits per heavy atom. The van der Waals surface area contributed by atoms with Gasteiger partial charge in [0.25, 0.3) is 0 Å². The molecule has 0 aliphatic rings. The first kappa shape index (κ1) is 16.3. The maximum Gasteiger partial charge on any atom is 0.106 e. The van der Waals surface area contributed by atoms with Gasteiger partial charge in [-0.15, -0.1) is 0 Å². The van der Waals surface area contributed by atoms with Gasteiger partial charge < -0.3 is 11.1 Å². The largest absolute Gasteiger partial charge is 0.389 e. The molecule has 4 heteroatoms. The molecule has 0 fully saturated rings. The molecule has 106 valence electrons. The molecule has 1 rings (SSSR count). The highest BCUT2D eigenvalue weighted by molar-refractivity contribution is 7.80. The second-order valence-corrected chi connectivity index (χ2v) is 6.46. The number of hydrogen-bond acceptors (Lipinski definition) is 2. The van der Waals surface area contributed by atoms with Crippen molar-refractivity contribution >= 4 is 34.5 Å². The van der Waals surface area contributed by atoms with Gasteiger partial charge in [0.15, 0.2) is 0 Å². The lowest BCUT2D eigenvalue weighted by Crippen LogP contribution is -2.25. The van der Waals surface area contributed by atoms with Crippen molar-refractivity contribution in [3.05, 3.63) is 28.8 Å². The summed E-state index contributed by atoms with van der Waals surface area (Å²) in [6.07, 6.45) is 0. The van der Waals surface area contributed by atoms with Crippen molar-refractivity contribution in [3.8, 4) is 0 Å². The highest BCUT2D eigenvalue weighted by Crippen LogP contribution is 2.25. The van der Waals surface area contributed by atoms with Gasteiger partial charge in [0.1, 0.15) is 4.99 Å². The van der Waals surface area contributed by atoms with Gasteiger partial charge in [-0.3, -0.25) is 0 Å². The van der Waals surface area contributed by atoms with Crippen LogP contribution in [0.3, 0.4) is 0 Å². The lowest BCUT2D eigenvalue weighted by Gasteiger charge is -2.26. The van der Waals surface area contributed by atoms with E-state index in [-0.39, 0.29) is 0 Å². The van der Waals surface area contributed by atoms with E-state index in [1.54, 1.807) is 0 Å². The Bertz CT molecular complexity index is 436. The van der Waals surface area contributed by atoms with Gasteiger partial charge in [-0.25, -0.2) is 0 Å². The van der Waals surface area contributed by atoms with Crippen molar-refractivity contribution in [1.29, 1.82) is 0 Å². The SMILES string of the molecule is CC(C)C(CNc1cc(Cl)ccc1C(N)=S)C(C)C. The predicted octanol–water partition coefficient (Wildman–Crippen LogP) is 4.31. The van der Waals surface area contributed by atoms with Gasteiger partial charge in [-0.05, 0) is 36.0 Å². The van der Waals surface area contributed by atoms with Crippen LogP contribution in [0.5, 0.6) is 0 Å². The van der Waals surface area contributed by atoms with E-state index in [2.05, 4.69) is 33.0 Å². The van der Waals surface area contributed by atoms with E-state index in [1.807, 2.05) is 18.2 Å².